The molecule has 0 radical (unpaired) electrons. The zero-order valence-corrected chi connectivity index (χ0v) is 20.4. The van der Waals surface area contributed by atoms with Crippen LogP contribution in [-0.2, 0) is 0 Å². The van der Waals surface area contributed by atoms with Crippen LogP contribution in [-0.4, -0.2) is 70.7 Å². The highest BCUT2D eigenvalue weighted by Gasteiger charge is 2.24. The molecular weight excluding hydrogens is 462 g/mol. The number of carbonyl (C=O) groups is 1. The van der Waals surface area contributed by atoms with Crippen molar-refractivity contribution in [2.75, 3.05) is 44.2 Å². The molecule has 2 saturated heterocycles. The van der Waals surface area contributed by atoms with Crippen molar-refractivity contribution in [2.24, 2.45) is 0 Å². The summed E-state index contributed by atoms with van der Waals surface area (Å²) in [5.41, 5.74) is 2.16. The van der Waals surface area contributed by atoms with Gasteiger partial charge in [-0.2, -0.15) is 0 Å². The SMILES string of the molecule is O=C(NCCN1CCCC1)c1c(=O)c2cc(N3CCCC(O)C3)cnc2n2c1sc1ccccc12. The van der Waals surface area contributed by atoms with E-state index in [0.29, 0.717) is 29.0 Å². The Balaban J connectivity index is 1.47. The second kappa shape index (κ2) is 9.22. The lowest BCUT2D eigenvalue weighted by Gasteiger charge is -2.31. The highest BCUT2D eigenvalue weighted by molar-refractivity contribution is 7.24. The van der Waals surface area contributed by atoms with Crippen LogP contribution in [0.15, 0.2) is 41.3 Å². The van der Waals surface area contributed by atoms with Crippen molar-refractivity contribution in [3.63, 3.8) is 0 Å². The number of carbonyl (C=O) groups excluding carboxylic acids is 1. The van der Waals surface area contributed by atoms with Crippen molar-refractivity contribution in [2.45, 2.75) is 31.8 Å². The number of likely N-dealkylation sites (tertiary alicyclic amines) is 1. The molecule has 1 aromatic carbocycles. The molecule has 9 heteroatoms. The first-order valence-electron chi connectivity index (χ1n) is 12.4. The molecule has 8 nitrogen and oxygen atoms in total. The van der Waals surface area contributed by atoms with E-state index in [2.05, 4.69) is 15.1 Å². The van der Waals surface area contributed by atoms with Gasteiger partial charge in [-0.15, -0.1) is 11.3 Å². The van der Waals surface area contributed by atoms with Gasteiger partial charge in [0.25, 0.3) is 5.91 Å². The van der Waals surface area contributed by atoms with Gasteiger partial charge in [0.15, 0.2) is 0 Å². The predicted molar refractivity (Wildman–Crippen MR) is 140 cm³/mol. The normalized spacial score (nSPS) is 19.2. The monoisotopic (exact) mass is 491 g/mol. The van der Waals surface area contributed by atoms with E-state index in [1.807, 2.05) is 34.7 Å². The molecule has 0 bridgehead atoms. The molecule has 4 aromatic rings. The van der Waals surface area contributed by atoms with Gasteiger partial charge in [0.2, 0.25) is 5.43 Å². The number of rotatable bonds is 5. The number of amides is 1. The zero-order chi connectivity index (χ0) is 23.9. The molecule has 1 amide bonds. The third-order valence-corrected chi connectivity index (χ3v) is 8.31. The quantitative estimate of drug-likeness (QED) is 0.446. The molecule has 0 spiro atoms. The standard InChI is InChI=1S/C26H29N5O3S/c32-18-6-5-12-30(16-18)17-14-19-23(33)22(25(34)27-9-13-29-10-3-4-11-29)26-31(24(19)28-15-17)20-7-1-2-8-21(20)35-26/h1-2,7-8,14-15,18,32H,3-6,9-13,16H2,(H,27,34). The molecule has 5 heterocycles. The number of hydrogen-bond donors (Lipinski definition) is 2. The maximum atomic E-state index is 13.8. The fraction of sp³-hybridized carbons (Fsp3) is 0.423. The summed E-state index contributed by atoms with van der Waals surface area (Å²) in [6.07, 6.45) is 5.45. The maximum Gasteiger partial charge on any atom is 0.258 e. The van der Waals surface area contributed by atoms with Gasteiger partial charge in [-0.3, -0.25) is 14.0 Å². The fourth-order valence-corrected chi connectivity index (χ4v) is 6.55. The minimum Gasteiger partial charge on any atom is -0.391 e. The van der Waals surface area contributed by atoms with Crippen molar-refractivity contribution < 1.29 is 9.90 Å². The summed E-state index contributed by atoms with van der Waals surface area (Å²) in [5, 5.41) is 13.6. The number of piperidine rings is 1. The van der Waals surface area contributed by atoms with E-state index >= 15 is 0 Å². The Labute approximate surface area is 206 Å². The number of thiazole rings is 1. The first-order chi connectivity index (χ1) is 17.1. The molecule has 2 aliphatic heterocycles. The average Bonchev–Trinajstić information content (AvgIpc) is 3.52. The molecule has 0 saturated carbocycles. The minimum atomic E-state index is -0.388. The van der Waals surface area contributed by atoms with Crippen LogP contribution in [0.5, 0.6) is 0 Å². The lowest BCUT2D eigenvalue weighted by atomic mass is 10.1. The van der Waals surface area contributed by atoms with Crippen molar-refractivity contribution in [3.05, 3.63) is 52.3 Å². The second-order valence-electron chi connectivity index (χ2n) is 9.53. The van der Waals surface area contributed by atoms with E-state index < -0.39 is 0 Å². The van der Waals surface area contributed by atoms with E-state index in [4.69, 9.17) is 4.98 Å². The smallest absolute Gasteiger partial charge is 0.258 e. The van der Waals surface area contributed by atoms with Crippen molar-refractivity contribution in [1.29, 1.82) is 0 Å². The van der Waals surface area contributed by atoms with Crippen LogP contribution in [0.25, 0.3) is 26.1 Å². The number of aliphatic hydroxyl groups excluding tert-OH is 1. The van der Waals surface area contributed by atoms with Gasteiger partial charge in [-0.25, -0.2) is 4.98 Å². The highest BCUT2D eigenvalue weighted by atomic mass is 32.1. The molecule has 3 aromatic heterocycles. The number of nitrogens with zero attached hydrogens (tertiary/aromatic N) is 4. The molecule has 2 fully saturated rings. The van der Waals surface area contributed by atoms with Crippen LogP contribution in [0.4, 0.5) is 5.69 Å². The summed E-state index contributed by atoms with van der Waals surface area (Å²) >= 11 is 1.45. The van der Waals surface area contributed by atoms with Gasteiger partial charge >= 0.3 is 0 Å². The van der Waals surface area contributed by atoms with Crippen molar-refractivity contribution >= 4 is 49.0 Å². The van der Waals surface area contributed by atoms with Gasteiger partial charge in [-0.05, 0) is 57.0 Å². The number of β-amino-alcohol motifs (C(OH)–C–C–N with tert-alkyl or cyclic N) is 1. The summed E-state index contributed by atoms with van der Waals surface area (Å²) in [5.74, 6) is -0.334. The Bertz CT molecular complexity index is 1470. The molecule has 6 rings (SSSR count). The Morgan fingerprint density at radius 2 is 2.00 bits per heavy atom. The fourth-order valence-electron chi connectivity index (χ4n) is 5.37. The van der Waals surface area contributed by atoms with Crippen LogP contribution in [0, 0.1) is 0 Å². The molecule has 1 atom stereocenters. The lowest BCUT2D eigenvalue weighted by Crippen LogP contribution is -2.38. The Kier molecular flexibility index (Phi) is 5.91. The van der Waals surface area contributed by atoms with Crippen molar-refractivity contribution in [1.82, 2.24) is 19.6 Å². The summed E-state index contributed by atoms with van der Waals surface area (Å²) in [7, 11) is 0. The minimum absolute atomic E-state index is 0.178. The van der Waals surface area contributed by atoms with Crippen LogP contribution in [0.3, 0.4) is 0 Å². The number of fused-ring (bicyclic) bond motifs is 5. The number of hydrogen-bond acceptors (Lipinski definition) is 7. The van der Waals surface area contributed by atoms with E-state index in [9.17, 15) is 14.7 Å². The van der Waals surface area contributed by atoms with Gasteiger partial charge in [0.05, 0.1) is 33.6 Å². The summed E-state index contributed by atoms with van der Waals surface area (Å²) in [6.45, 7) is 4.75. The van der Waals surface area contributed by atoms with Gasteiger partial charge < -0.3 is 20.2 Å². The lowest BCUT2D eigenvalue weighted by molar-refractivity contribution is 0.0950. The van der Waals surface area contributed by atoms with E-state index in [1.54, 1.807) is 6.20 Å². The third-order valence-electron chi connectivity index (χ3n) is 7.17. The summed E-state index contributed by atoms with van der Waals surface area (Å²) in [4.78, 5) is 36.9. The Morgan fingerprint density at radius 3 is 2.83 bits per heavy atom. The van der Waals surface area contributed by atoms with E-state index in [1.165, 1.54) is 24.2 Å². The van der Waals surface area contributed by atoms with Crippen molar-refractivity contribution in [3.8, 4) is 0 Å². The number of para-hydroxylation sites is 1. The molecule has 2 N–H and O–H groups in total. The third kappa shape index (κ3) is 4.07. The summed E-state index contributed by atoms with van der Waals surface area (Å²) in [6, 6.07) is 9.75. The van der Waals surface area contributed by atoms with E-state index in [-0.39, 0.29) is 23.0 Å². The number of aliphatic hydroxyl groups is 1. The molecule has 182 valence electrons. The van der Waals surface area contributed by atoms with Crippen LogP contribution >= 0.6 is 11.3 Å². The highest BCUT2D eigenvalue weighted by Crippen LogP contribution is 2.31. The van der Waals surface area contributed by atoms with E-state index in [0.717, 1.165) is 54.9 Å². The first kappa shape index (κ1) is 22.5. The Morgan fingerprint density at radius 1 is 1.17 bits per heavy atom. The molecule has 35 heavy (non-hydrogen) atoms. The Hall–Kier alpha value is -3.01. The predicted octanol–water partition coefficient (Wildman–Crippen LogP) is 2.85. The van der Waals surface area contributed by atoms with Gasteiger partial charge in [-0.1, -0.05) is 12.1 Å². The molecule has 0 aliphatic carbocycles. The number of pyridine rings is 2. The number of aromatic nitrogens is 2. The molecular formula is C26H29N5O3S. The zero-order valence-electron chi connectivity index (χ0n) is 19.6. The second-order valence-corrected chi connectivity index (χ2v) is 10.6. The molecule has 1 unspecified atom stereocenters. The summed E-state index contributed by atoms with van der Waals surface area (Å²) < 4.78 is 2.94. The van der Waals surface area contributed by atoms with Gasteiger partial charge in [0, 0.05) is 26.2 Å². The number of nitrogens with one attached hydrogen (secondary N) is 1. The first-order valence-corrected chi connectivity index (χ1v) is 13.2. The van der Waals surface area contributed by atoms with Crippen LogP contribution in [0.2, 0.25) is 0 Å². The molecule has 2 aliphatic rings. The topological polar surface area (TPSA) is 90.2 Å². The number of benzene rings is 1. The average molecular weight is 492 g/mol. The maximum absolute atomic E-state index is 13.8. The largest absolute Gasteiger partial charge is 0.391 e. The van der Waals surface area contributed by atoms with Crippen LogP contribution < -0.4 is 15.6 Å². The number of anilines is 1. The van der Waals surface area contributed by atoms with Gasteiger partial charge in [0.1, 0.15) is 16.0 Å². The van der Waals surface area contributed by atoms with Crippen LogP contribution in [0.1, 0.15) is 36.0 Å².